The highest BCUT2D eigenvalue weighted by Crippen LogP contribution is 2.31. The minimum atomic E-state index is -4.65. The Hall–Kier alpha value is -2.52. The largest absolute Gasteiger partial charge is 0.433 e. The Bertz CT molecular complexity index is 938. The Morgan fingerprint density at radius 3 is 2.42 bits per heavy atom. The number of hydrazone groups is 1. The number of hydrogen-bond donors (Lipinski definition) is 1. The van der Waals surface area contributed by atoms with Gasteiger partial charge in [-0.15, -0.1) is 11.3 Å². The molecule has 0 unspecified atom stereocenters. The van der Waals surface area contributed by atoms with Crippen LogP contribution in [-0.2, 0) is 6.18 Å². The van der Waals surface area contributed by atoms with Gasteiger partial charge in [-0.05, 0) is 30.3 Å². The first-order valence-electron chi connectivity index (χ1n) is 7.08. The molecule has 3 rings (SSSR count). The number of halogens is 5. The van der Waals surface area contributed by atoms with Crippen molar-refractivity contribution < 1.29 is 17.6 Å². The molecule has 0 saturated heterocycles. The highest BCUT2D eigenvalue weighted by atomic mass is 35.5. The summed E-state index contributed by atoms with van der Waals surface area (Å²) in [5.74, 6) is -0.335. The Morgan fingerprint density at radius 2 is 1.81 bits per heavy atom. The summed E-state index contributed by atoms with van der Waals surface area (Å²) in [7, 11) is 0. The zero-order chi connectivity index (χ0) is 18.7. The van der Waals surface area contributed by atoms with Crippen LogP contribution in [0.5, 0.6) is 0 Å². The number of anilines is 1. The molecule has 0 saturated carbocycles. The fourth-order valence-corrected chi connectivity index (χ4v) is 2.69. The maximum absolute atomic E-state index is 13.1. The number of nitrogens with one attached hydrogen (secondary N) is 1. The molecule has 0 bridgehead atoms. The normalized spacial score (nSPS) is 11.9. The molecule has 3 aromatic rings. The van der Waals surface area contributed by atoms with Crippen LogP contribution in [0.3, 0.4) is 0 Å². The van der Waals surface area contributed by atoms with Crippen molar-refractivity contribution in [1.82, 2.24) is 9.97 Å². The van der Waals surface area contributed by atoms with Crippen LogP contribution >= 0.6 is 22.9 Å². The van der Waals surface area contributed by atoms with Crippen molar-refractivity contribution in [1.29, 1.82) is 0 Å². The van der Waals surface area contributed by atoms with E-state index in [4.69, 9.17) is 11.6 Å². The van der Waals surface area contributed by atoms with Crippen molar-refractivity contribution in [3.05, 3.63) is 63.2 Å². The molecule has 1 aromatic carbocycles. The van der Waals surface area contributed by atoms with Crippen LogP contribution in [0.25, 0.3) is 11.3 Å². The number of benzene rings is 1. The van der Waals surface area contributed by atoms with Gasteiger partial charge in [0.1, 0.15) is 0 Å². The smallest absolute Gasteiger partial charge is 0.245 e. The van der Waals surface area contributed by atoms with E-state index in [1.165, 1.54) is 18.3 Å². The first-order chi connectivity index (χ1) is 12.3. The first-order valence-corrected chi connectivity index (χ1v) is 8.27. The van der Waals surface area contributed by atoms with E-state index in [9.17, 15) is 17.6 Å². The molecule has 1 N–H and O–H groups in total. The molecule has 134 valence electrons. The maximum Gasteiger partial charge on any atom is 0.433 e. The third-order valence-electron chi connectivity index (χ3n) is 3.11. The fraction of sp³-hybridized carbons (Fsp3) is 0.0625. The topological polar surface area (TPSA) is 50.2 Å². The van der Waals surface area contributed by atoms with Gasteiger partial charge < -0.3 is 0 Å². The number of alkyl halides is 3. The van der Waals surface area contributed by atoms with Crippen LogP contribution < -0.4 is 5.43 Å². The van der Waals surface area contributed by atoms with Crippen molar-refractivity contribution in [2.24, 2.45) is 5.10 Å². The van der Waals surface area contributed by atoms with Crippen LogP contribution in [0.2, 0.25) is 5.02 Å². The van der Waals surface area contributed by atoms with Gasteiger partial charge in [0.25, 0.3) is 0 Å². The summed E-state index contributed by atoms with van der Waals surface area (Å²) in [6.45, 7) is 0. The standard InChI is InChI=1S/C16H9ClF4N4S/c17-10-3-1-9(2-4-10)12-7-13(16(19,20)21)24-15(23-12)25-22-8-11-5-6-14(18)26-11/h1-8H,(H,23,24,25)/b22-8+. The quantitative estimate of drug-likeness (QED) is 0.359. The van der Waals surface area contributed by atoms with Crippen molar-refractivity contribution in [2.45, 2.75) is 6.18 Å². The SMILES string of the molecule is Fc1ccc(/C=N/Nc2nc(-c3ccc(Cl)cc3)cc(C(F)(F)F)n2)s1. The average molecular weight is 401 g/mol. The summed E-state index contributed by atoms with van der Waals surface area (Å²) in [5, 5.41) is 3.81. The molecule has 26 heavy (non-hydrogen) atoms. The molecule has 10 heteroatoms. The average Bonchev–Trinajstić information content (AvgIpc) is 3.00. The highest BCUT2D eigenvalue weighted by Gasteiger charge is 2.33. The third kappa shape index (κ3) is 4.55. The molecule has 0 fully saturated rings. The van der Waals surface area contributed by atoms with E-state index in [0.29, 0.717) is 15.5 Å². The molecular weight excluding hydrogens is 392 g/mol. The second kappa shape index (κ2) is 7.38. The zero-order valence-corrected chi connectivity index (χ0v) is 14.3. The molecule has 4 nitrogen and oxygen atoms in total. The van der Waals surface area contributed by atoms with Gasteiger partial charge in [0.05, 0.1) is 16.8 Å². The fourth-order valence-electron chi connectivity index (χ4n) is 1.96. The predicted octanol–water partition coefficient (Wildman–Crippen LogP) is 5.46. The van der Waals surface area contributed by atoms with Gasteiger partial charge in [-0.2, -0.15) is 22.7 Å². The zero-order valence-electron chi connectivity index (χ0n) is 12.8. The number of thiophene rings is 1. The van der Waals surface area contributed by atoms with E-state index in [0.717, 1.165) is 17.4 Å². The Morgan fingerprint density at radius 1 is 1.08 bits per heavy atom. The lowest BCUT2D eigenvalue weighted by molar-refractivity contribution is -0.141. The molecule has 0 atom stereocenters. The summed E-state index contributed by atoms with van der Waals surface area (Å²) in [6, 6.07) is 9.76. The lowest BCUT2D eigenvalue weighted by Gasteiger charge is -2.10. The predicted molar refractivity (Wildman–Crippen MR) is 93.0 cm³/mol. The van der Waals surface area contributed by atoms with Crippen LogP contribution in [0, 0.1) is 5.13 Å². The summed E-state index contributed by atoms with van der Waals surface area (Å²) < 4.78 is 52.2. The van der Waals surface area contributed by atoms with Crippen molar-refractivity contribution in [3.8, 4) is 11.3 Å². The minimum absolute atomic E-state index is 0.0591. The number of nitrogens with zero attached hydrogens (tertiary/aromatic N) is 3. The van der Waals surface area contributed by atoms with E-state index in [1.807, 2.05) is 0 Å². The lowest BCUT2D eigenvalue weighted by Crippen LogP contribution is -2.11. The van der Waals surface area contributed by atoms with Crippen LogP contribution in [0.4, 0.5) is 23.5 Å². The second-order valence-electron chi connectivity index (χ2n) is 4.98. The van der Waals surface area contributed by atoms with Crippen molar-refractivity contribution >= 4 is 35.1 Å². The summed E-state index contributed by atoms with van der Waals surface area (Å²) >= 11 is 6.64. The molecule has 2 aromatic heterocycles. The maximum atomic E-state index is 13.1. The Labute approximate surface area is 154 Å². The second-order valence-corrected chi connectivity index (χ2v) is 6.48. The van der Waals surface area contributed by atoms with Gasteiger partial charge in [0.2, 0.25) is 5.95 Å². The summed E-state index contributed by atoms with van der Waals surface area (Å²) in [5.41, 5.74) is 1.73. The van der Waals surface area contributed by atoms with Crippen molar-refractivity contribution in [3.63, 3.8) is 0 Å². The number of rotatable bonds is 4. The van der Waals surface area contributed by atoms with E-state index in [2.05, 4.69) is 20.5 Å². The van der Waals surface area contributed by atoms with Gasteiger partial charge in [-0.25, -0.2) is 15.4 Å². The molecule has 0 spiro atoms. The number of hydrogen-bond acceptors (Lipinski definition) is 5. The molecule has 0 aliphatic heterocycles. The summed E-state index contributed by atoms with van der Waals surface area (Å²) in [6.07, 6.45) is -3.39. The van der Waals surface area contributed by atoms with Gasteiger partial charge in [-0.3, -0.25) is 0 Å². The molecular formula is C16H9ClF4N4S. The van der Waals surface area contributed by atoms with Gasteiger partial charge in [0.15, 0.2) is 10.8 Å². The van der Waals surface area contributed by atoms with Gasteiger partial charge in [-0.1, -0.05) is 23.7 Å². The van der Waals surface area contributed by atoms with Crippen LogP contribution in [-0.4, -0.2) is 16.2 Å². The van der Waals surface area contributed by atoms with E-state index in [-0.39, 0.29) is 11.6 Å². The highest BCUT2D eigenvalue weighted by molar-refractivity contribution is 7.12. The molecule has 2 heterocycles. The van der Waals surface area contributed by atoms with Crippen LogP contribution in [0.15, 0.2) is 47.6 Å². The molecule has 0 aliphatic rings. The third-order valence-corrected chi connectivity index (χ3v) is 4.17. The van der Waals surface area contributed by atoms with Crippen LogP contribution in [0.1, 0.15) is 10.6 Å². The molecule has 0 radical (unpaired) electrons. The van der Waals surface area contributed by atoms with E-state index < -0.39 is 17.0 Å². The number of aromatic nitrogens is 2. The van der Waals surface area contributed by atoms with Crippen molar-refractivity contribution in [2.75, 3.05) is 5.43 Å². The minimum Gasteiger partial charge on any atom is -0.245 e. The summed E-state index contributed by atoms with van der Waals surface area (Å²) in [4.78, 5) is 7.95. The Balaban J connectivity index is 1.92. The van der Waals surface area contributed by atoms with Gasteiger partial charge >= 0.3 is 6.18 Å². The van der Waals surface area contributed by atoms with Gasteiger partial charge in [0, 0.05) is 10.6 Å². The lowest BCUT2D eigenvalue weighted by atomic mass is 10.1. The van der Waals surface area contributed by atoms with E-state index >= 15 is 0 Å². The first kappa shape index (κ1) is 18.3. The molecule has 0 aliphatic carbocycles. The van der Waals surface area contributed by atoms with E-state index in [1.54, 1.807) is 24.3 Å². The Kier molecular flexibility index (Phi) is 5.19. The monoisotopic (exact) mass is 400 g/mol. The molecule has 0 amide bonds.